The zero-order valence-electron chi connectivity index (χ0n) is 23.2. The summed E-state index contributed by atoms with van der Waals surface area (Å²) in [7, 11) is 0. The average Bonchev–Trinajstić information content (AvgIpc) is 2.90. The van der Waals surface area contributed by atoms with Crippen molar-refractivity contribution in [2.45, 2.75) is 80.1 Å². The second kappa shape index (κ2) is 21.4. The maximum atomic E-state index is 4.12. The third-order valence-electron chi connectivity index (χ3n) is 5.91. The van der Waals surface area contributed by atoms with Gasteiger partial charge in [-0.3, -0.25) is 0 Å². The number of terminal acetylenes is 2. The largest absolute Gasteiger partial charge is 0.385 e. The lowest BCUT2D eigenvalue weighted by Crippen LogP contribution is -2.26. The van der Waals surface area contributed by atoms with Crippen LogP contribution in [0.3, 0.4) is 0 Å². The first-order valence-corrected chi connectivity index (χ1v) is 12.7. The molecule has 35 heavy (non-hydrogen) atoms. The first-order valence-electron chi connectivity index (χ1n) is 12.7. The van der Waals surface area contributed by atoms with Crippen LogP contribution in [0.1, 0.15) is 85.6 Å². The summed E-state index contributed by atoms with van der Waals surface area (Å²) in [5.74, 6) is 0. The predicted octanol–water partition coefficient (Wildman–Crippen LogP) is 9.53. The molecule has 1 N–H and O–H groups in total. The van der Waals surface area contributed by atoms with Gasteiger partial charge in [0.25, 0.3) is 0 Å². The van der Waals surface area contributed by atoms with E-state index in [1.54, 1.807) is 5.57 Å². The number of allylic oxidation sites excluding steroid dienone is 8. The smallest absolute Gasteiger partial charge is 0.0330 e. The Hall–Kier alpha value is -3.16. The van der Waals surface area contributed by atoms with Crippen molar-refractivity contribution < 1.29 is 0 Å². The van der Waals surface area contributed by atoms with Crippen molar-refractivity contribution in [1.82, 2.24) is 5.32 Å². The summed E-state index contributed by atoms with van der Waals surface area (Å²) in [4.78, 5) is 0. The van der Waals surface area contributed by atoms with Gasteiger partial charge in [0.15, 0.2) is 0 Å². The van der Waals surface area contributed by atoms with Crippen LogP contribution in [0.2, 0.25) is 0 Å². The van der Waals surface area contributed by atoms with Crippen molar-refractivity contribution in [2.24, 2.45) is 5.41 Å². The number of hydrogen-bond donors (Lipinski definition) is 1. The molecule has 1 heteroatoms. The molecule has 190 valence electrons. The molecule has 1 aromatic rings. The van der Waals surface area contributed by atoms with E-state index in [-0.39, 0.29) is 5.41 Å². The fourth-order valence-electron chi connectivity index (χ4n) is 3.64. The number of rotatable bonds is 10. The molecule has 0 heterocycles. The van der Waals surface area contributed by atoms with E-state index in [9.17, 15) is 0 Å². The maximum absolute atomic E-state index is 4.12. The molecule has 0 saturated carbocycles. The summed E-state index contributed by atoms with van der Waals surface area (Å²) >= 11 is 0. The van der Waals surface area contributed by atoms with Crippen molar-refractivity contribution in [3.05, 3.63) is 89.7 Å². The van der Waals surface area contributed by atoms with Gasteiger partial charge in [-0.25, -0.2) is 0 Å². The Labute approximate surface area is 218 Å². The van der Waals surface area contributed by atoms with Gasteiger partial charge in [0.1, 0.15) is 0 Å². The molecule has 0 amide bonds. The van der Waals surface area contributed by atoms with Gasteiger partial charge in [0.05, 0.1) is 0 Å². The summed E-state index contributed by atoms with van der Waals surface area (Å²) in [6.07, 6.45) is 34.3. The monoisotopic (exact) mass is 471 g/mol. The van der Waals surface area contributed by atoms with Gasteiger partial charge in [0, 0.05) is 17.7 Å². The van der Waals surface area contributed by atoms with Gasteiger partial charge < -0.3 is 5.32 Å². The lowest BCUT2D eigenvalue weighted by atomic mass is 9.85. The standard InChI is InChI=1S/C15H27N.C15H18.2C2H2/c1-7-11-15(5,6)14(4)16-12-9-10-13(3)8-2;1-2-6-13-9-11-15(12-10-13)14-7-4-3-5-8-14;2*1-2/h8-10,16H,4,7,11-12H2,1-3,5-6H3;3-5,7-9,11H,2,6,10,12H2,1H3;2*1-2H/b10-9-,13-8-;;;. The van der Waals surface area contributed by atoms with Crippen LogP contribution in [0.5, 0.6) is 0 Å². The fraction of sp³-hybridized carbons (Fsp3) is 0.412. The van der Waals surface area contributed by atoms with Crippen molar-refractivity contribution in [3.8, 4) is 25.7 Å². The number of benzene rings is 1. The summed E-state index contributed by atoms with van der Waals surface area (Å²) in [5.41, 5.74) is 7.09. The normalized spacial score (nSPS) is 12.9. The van der Waals surface area contributed by atoms with Crippen molar-refractivity contribution in [3.63, 3.8) is 0 Å². The number of nitrogens with one attached hydrogen (secondary N) is 1. The highest BCUT2D eigenvalue weighted by atomic mass is 14.9. The zero-order chi connectivity index (χ0) is 27.1. The van der Waals surface area contributed by atoms with Crippen molar-refractivity contribution in [1.29, 1.82) is 0 Å². The highest BCUT2D eigenvalue weighted by Gasteiger charge is 2.19. The van der Waals surface area contributed by atoms with Gasteiger partial charge >= 0.3 is 0 Å². The van der Waals surface area contributed by atoms with Crippen LogP contribution >= 0.6 is 0 Å². The molecule has 0 aromatic heterocycles. The Balaban J connectivity index is 0. The maximum Gasteiger partial charge on any atom is 0.0330 e. The Morgan fingerprint density at radius 1 is 1.00 bits per heavy atom. The van der Waals surface area contributed by atoms with Crippen LogP contribution in [0.15, 0.2) is 84.1 Å². The van der Waals surface area contributed by atoms with E-state index in [0.29, 0.717) is 0 Å². The van der Waals surface area contributed by atoms with Crippen LogP contribution in [-0.4, -0.2) is 6.54 Å². The summed E-state index contributed by atoms with van der Waals surface area (Å²) < 4.78 is 0. The molecule has 0 atom stereocenters. The Kier molecular flexibility index (Phi) is 20.8. The average molecular weight is 472 g/mol. The molecule has 0 saturated heterocycles. The SMILES string of the molecule is C#C.C#C.C=C(NC/C=C\C(C)=C/C)C(C)(C)CCC.CCCC1=CC=C(c2ccccc2)CC1. The molecule has 0 spiro atoms. The second-order valence-corrected chi connectivity index (χ2v) is 9.06. The first-order chi connectivity index (χ1) is 16.8. The molecule has 0 radical (unpaired) electrons. The van der Waals surface area contributed by atoms with Crippen LogP contribution < -0.4 is 5.32 Å². The van der Waals surface area contributed by atoms with Crippen molar-refractivity contribution >= 4 is 5.57 Å². The van der Waals surface area contributed by atoms with Crippen LogP contribution in [0.4, 0.5) is 0 Å². The Morgan fingerprint density at radius 3 is 2.11 bits per heavy atom. The topological polar surface area (TPSA) is 12.0 Å². The first kappa shape index (κ1) is 34.0. The quantitative estimate of drug-likeness (QED) is 0.264. The number of hydrogen-bond acceptors (Lipinski definition) is 1. The molecule has 0 aliphatic heterocycles. The van der Waals surface area contributed by atoms with E-state index in [1.165, 1.54) is 55.2 Å². The third-order valence-corrected chi connectivity index (χ3v) is 5.91. The van der Waals surface area contributed by atoms with Crippen molar-refractivity contribution in [2.75, 3.05) is 6.54 Å². The molecular formula is C34H49N. The van der Waals surface area contributed by atoms with Crippen LogP contribution in [-0.2, 0) is 0 Å². The van der Waals surface area contributed by atoms with E-state index in [2.05, 4.69) is 140 Å². The minimum Gasteiger partial charge on any atom is -0.385 e. The Bertz CT molecular complexity index is 848. The summed E-state index contributed by atoms with van der Waals surface area (Å²) in [6, 6.07) is 10.7. The fourth-order valence-corrected chi connectivity index (χ4v) is 3.64. The van der Waals surface area contributed by atoms with Gasteiger partial charge in [0.2, 0.25) is 0 Å². The second-order valence-electron chi connectivity index (χ2n) is 9.06. The molecule has 1 aliphatic rings. The molecule has 1 aliphatic carbocycles. The summed E-state index contributed by atoms with van der Waals surface area (Å²) in [5, 5.41) is 3.38. The molecule has 2 rings (SSSR count). The molecular weight excluding hydrogens is 422 g/mol. The van der Waals surface area contributed by atoms with E-state index in [0.717, 1.165) is 12.2 Å². The minimum absolute atomic E-state index is 0.193. The van der Waals surface area contributed by atoms with Crippen LogP contribution in [0.25, 0.3) is 5.57 Å². The van der Waals surface area contributed by atoms with Gasteiger partial charge in [-0.1, -0.05) is 119 Å². The highest BCUT2D eigenvalue weighted by molar-refractivity contribution is 5.68. The molecule has 1 nitrogen and oxygen atoms in total. The van der Waals surface area contributed by atoms with E-state index < -0.39 is 0 Å². The van der Waals surface area contributed by atoms with Gasteiger partial charge in [-0.15, -0.1) is 25.7 Å². The summed E-state index contributed by atoms with van der Waals surface area (Å²) in [6.45, 7) is 18.1. The van der Waals surface area contributed by atoms with Gasteiger partial charge in [-0.05, 0) is 50.7 Å². The van der Waals surface area contributed by atoms with E-state index in [1.807, 2.05) is 0 Å². The lowest BCUT2D eigenvalue weighted by Gasteiger charge is -2.27. The lowest BCUT2D eigenvalue weighted by molar-refractivity contribution is 0.381. The Morgan fingerprint density at radius 2 is 1.63 bits per heavy atom. The zero-order valence-corrected chi connectivity index (χ0v) is 23.2. The molecule has 1 aromatic carbocycles. The van der Waals surface area contributed by atoms with E-state index >= 15 is 0 Å². The molecule has 0 bridgehead atoms. The van der Waals surface area contributed by atoms with Crippen LogP contribution in [0, 0.1) is 31.1 Å². The third kappa shape index (κ3) is 15.4. The molecule has 0 unspecified atom stereocenters. The highest BCUT2D eigenvalue weighted by Crippen LogP contribution is 2.29. The molecule has 0 fully saturated rings. The predicted molar refractivity (Wildman–Crippen MR) is 161 cm³/mol. The van der Waals surface area contributed by atoms with Gasteiger partial charge in [-0.2, -0.15) is 0 Å². The van der Waals surface area contributed by atoms with E-state index in [4.69, 9.17) is 0 Å². The minimum atomic E-state index is 0.193.